The van der Waals surface area contributed by atoms with E-state index in [2.05, 4.69) is 0 Å². The summed E-state index contributed by atoms with van der Waals surface area (Å²) in [5.74, 6) is 0. The third-order valence-corrected chi connectivity index (χ3v) is 9.83. The van der Waals surface area contributed by atoms with E-state index in [0.29, 0.717) is 13.2 Å². The van der Waals surface area contributed by atoms with Crippen LogP contribution in [0.5, 0.6) is 0 Å². The number of ether oxygens (including phenoxy) is 8. The predicted molar refractivity (Wildman–Crippen MR) is 208 cm³/mol. The van der Waals surface area contributed by atoms with Crippen molar-refractivity contribution in [2.45, 2.75) is 88.3 Å². The molecule has 0 bridgehead atoms. The van der Waals surface area contributed by atoms with Gasteiger partial charge in [0.05, 0.1) is 46.2 Å². The van der Waals surface area contributed by atoms with Crippen molar-refractivity contribution in [2.75, 3.05) is 13.2 Å². The first-order valence-electron chi connectivity index (χ1n) is 19.1. The average Bonchev–Trinajstić information content (AvgIpc) is 3.54. The van der Waals surface area contributed by atoms with Crippen molar-refractivity contribution < 1.29 is 48.1 Å². The Labute approximate surface area is 328 Å². The normalized spacial score (nSPS) is 26.3. The van der Waals surface area contributed by atoms with Crippen molar-refractivity contribution in [1.82, 2.24) is 0 Å². The first-order chi connectivity index (χ1) is 27.6. The molecule has 2 heterocycles. The molecule has 294 valence electrons. The molecule has 2 aliphatic heterocycles. The topological polar surface area (TPSA) is 114 Å². The monoisotopic (exact) mass is 762 g/mol. The van der Waals surface area contributed by atoms with E-state index in [1.54, 1.807) is 0 Å². The van der Waals surface area contributed by atoms with Crippen LogP contribution in [-0.2, 0) is 70.9 Å². The van der Waals surface area contributed by atoms with Crippen LogP contribution in [0.4, 0.5) is 0 Å². The van der Waals surface area contributed by atoms with Crippen LogP contribution in [0.3, 0.4) is 0 Å². The molecule has 0 unspecified atom stereocenters. The third-order valence-electron chi connectivity index (χ3n) is 9.83. The largest absolute Gasteiger partial charge is 0.385 e. The second kappa shape index (κ2) is 20.7. The minimum atomic E-state index is -1.40. The molecule has 0 radical (unpaired) electrons. The van der Waals surface area contributed by atoms with E-state index in [1.807, 2.05) is 152 Å². The Morgan fingerprint density at radius 1 is 0.393 bits per heavy atom. The second-order valence-electron chi connectivity index (χ2n) is 14.0. The maximum atomic E-state index is 12.1. The molecule has 10 nitrogen and oxygen atoms in total. The maximum Gasteiger partial charge on any atom is 0.187 e. The zero-order valence-electron chi connectivity index (χ0n) is 31.2. The van der Waals surface area contributed by atoms with Crippen LogP contribution in [0, 0.1) is 0 Å². The highest BCUT2D eigenvalue weighted by Crippen LogP contribution is 2.34. The number of hydrogen-bond acceptors (Lipinski definition) is 10. The van der Waals surface area contributed by atoms with E-state index in [1.165, 1.54) is 0 Å². The third kappa shape index (κ3) is 11.2. The van der Waals surface area contributed by atoms with Crippen molar-refractivity contribution in [2.24, 2.45) is 0 Å². The molecular weight excluding hydrogens is 712 g/mol. The van der Waals surface area contributed by atoms with Crippen LogP contribution < -0.4 is 0 Å². The van der Waals surface area contributed by atoms with Crippen LogP contribution in [0.25, 0.3) is 0 Å². The highest BCUT2D eigenvalue weighted by molar-refractivity contribution is 5.17. The minimum Gasteiger partial charge on any atom is -0.385 e. The zero-order valence-corrected chi connectivity index (χ0v) is 31.2. The summed E-state index contributed by atoms with van der Waals surface area (Å²) >= 11 is 0. The van der Waals surface area contributed by atoms with E-state index >= 15 is 0 Å². The first kappa shape index (κ1) is 39.9. The van der Waals surface area contributed by atoms with E-state index in [4.69, 9.17) is 37.9 Å². The zero-order chi connectivity index (χ0) is 38.4. The number of aliphatic hydroxyl groups excluding tert-OH is 2. The Morgan fingerprint density at radius 2 is 0.732 bits per heavy atom. The summed E-state index contributed by atoms with van der Waals surface area (Å²) in [5.41, 5.74) is 4.82. The lowest BCUT2D eigenvalue weighted by Gasteiger charge is -2.45. The lowest BCUT2D eigenvalue weighted by Crippen LogP contribution is -2.62. The highest BCUT2D eigenvalue weighted by atomic mass is 16.8. The van der Waals surface area contributed by atoms with E-state index in [-0.39, 0.29) is 33.0 Å². The second-order valence-corrected chi connectivity index (χ2v) is 14.0. The number of benzene rings is 5. The van der Waals surface area contributed by atoms with Crippen molar-refractivity contribution in [3.8, 4) is 0 Å². The molecule has 9 atom stereocenters. The molecule has 56 heavy (non-hydrogen) atoms. The van der Waals surface area contributed by atoms with Crippen molar-refractivity contribution in [1.29, 1.82) is 0 Å². The summed E-state index contributed by atoms with van der Waals surface area (Å²) in [6.07, 6.45) is -8.90. The van der Waals surface area contributed by atoms with Gasteiger partial charge >= 0.3 is 0 Å². The molecule has 0 aliphatic carbocycles. The van der Waals surface area contributed by atoms with Crippen molar-refractivity contribution in [3.63, 3.8) is 0 Å². The fraction of sp³-hybridized carbons (Fsp3) is 0.348. The molecule has 5 aromatic carbocycles. The van der Waals surface area contributed by atoms with E-state index in [9.17, 15) is 10.2 Å². The van der Waals surface area contributed by atoms with Crippen LogP contribution >= 0.6 is 0 Å². The highest BCUT2D eigenvalue weighted by Gasteiger charge is 2.52. The molecule has 0 amide bonds. The van der Waals surface area contributed by atoms with Gasteiger partial charge in [0.2, 0.25) is 0 Å². The molecule has 0 saturated carbocycles. The van der Waals surface area contributed by atoms with Gasteiger partial charge in [0.15, 0.2) is 12.6 Å². The molecule has 2 fully saturated rings. The Hall–Kier alpha value is -4.30. The quantitative estimate of drug-likeness (QED) is 0.0985. The standard InChI is InChI=1S/C46H50O10/c47-40-43(53-30-37-24-14-5-15-25-37)41(51-28-35-20-10-3-11-21-35)39(32-50-27-34-18-8-2-9-19-34)55-46(40)56-44-42(52-29-36-22-12-4-13-23-36)38(54-45(44)48)31-49-26-33-16-6-1-7-17-33/h1-25,38-48H,26-32H2/t38-,39-,40+,41-,42-,43-,44+,45+,46-/m1/s1. The Morgan fingerprint density at radius 3 is 1.14 bits per heavy atom. The molecule has 0 aromatic heterocycles. The number of hydrogen-bond donors (Lipinski definition) is 2. The van der Waals surface area contributed by atoms with Gasteiger partial charge in [0, 0.05) is 0 Å². The Balaban J connectivity index is 1.12. The Kier molecular flexibility index (Phi) is 14.8. The Bertz CT molecular complexity index is 1820. The van der Waals surface area contributed by atoms with E-state index in [0.717, 1.165) is 27.8 Å². The SMILES string of the molecule is O[C@@H]1[C@@H](O[C@H]2[C@H](OCc3ccccc3)[C@@H](COCc3ccccc3)O[C@@H]2O)O[C@H](COCc2ccccc2)[C@@H](OCc2ccccc2)[C@@H]1OCc1ccccc1. The van der Waals surface area contributed by atoms with Gasteiger partial charge in [-0.1, -0.05) is 152 Å². The smallest absolute Gasteiger partial charge is 0.187 e. The lowest BCUT2D eigenvalue weighted by atomic mass is 9.98. The number of rotatable bonds is 19. The fourth-order valence-corrected chi connectivity index (χ4v) is 6.91. The average molecular weight is 763 g/mol. The summed E-state index contributed by atoms with van der Waals surface area (Å²) in [5, 5.41) is 23.5. The minimum absolute atomic E-state index is 0.111. The van der Waals surface area contributed by atoms with Gasteiger partial charge in [0.1, 0.15) is 42.7 Å². The van der Waals surface area contributed by atoms with Crippen molar-refractivity contribution >= 4 is 0 Å². The molecule has 5 aromatic rings. The lowest BCUT2D eigenvalue weighted by molar-refractivity contribution is -0.338. The fourth-order valence-electron chi connectivity index (χ4n) is 6.91. The van der Waals surface area contributed by atoms with Crippen molar-refractivity contribution in [3.05, 3.63) is 179 Å². The molecule has 2 N–H and O–H groups in total. The summed E-state index contributed by atoms with van der Waals surface area (Å²) in [4.78, 5) is 0. The van der Waals surface area contributed by atoms with Gasteiger partial charge in [-0.25, -0.2) is 0 Å². The van der Waals surface area contributed by atoms with Crippen LogP contribution in [0.1, 0.15) is 27.8 Å². The molecule has 2 aliphatic rings. The molecule has 0 spiro atoms. The van der Waals surface area contributed by atoms with Gasteiger partial charge in [-0.15, -0.1) is 0 Å². The summed E-state index contributed by atoms with van der Waals surface area (Å²) < 4.78 is 50.9. The van der Waals surface area contributed by atoms with Crippen LogP contribution in [0.15, 0.2) is 152 Å². The molecular formula is C46H50O10. The van der Waals surface area contributed by atoms with Gasteiger partial charge < -0.3 is 48.1 Å². The van der Waals surface area contributed by atoms with Gasteiger partial charge in [-0.05, 0) is 27.8 Å². The predicted octanol–water partition coefficient (Wildman–Crippen LogP) is 6.36. The molecule has 7 rings (SSSR count). The maximum absolute atomic E-state index is 12.1. The molecule has 10 heteroatoms. The summed E-state index contributed by atoms with van der Waals surface area (Å²) in [6.45, 7) is 1.63. The summed E-state index contributed by atoms with van der Waals surface area (Å²) in [6, 6.07) is 48.9. The summed E-state index contributed by atoms with van der Waals surface area (Å²) in [7, 11) is 0. The molecule has 2 saturated heterocycles. The number of aliphatic hydroxyl groups is 2. The van der Waals surface area contributed by atoms with Gasteiger partial charge in [0.25, 0.3) is 0 Å². The van der Waals surface area contributed by atoms with Crippen LogP contribution in [0.2, 0.25) is 0 Å². The van der Waals surface area contributed by atoms with Crippen LogP contribution in [-0.4, -0.2) is 78.7 Å². The first-order valence-corrected chi connectivity index (χ1v) is 19.1. The van der Waals surface area contributed by atoms with E-state index < -0.39 is 55.3 Å². The van der Waals surface area contributed by atoms with Gasteiger partial charge in [-0.3, -0.25) is 0 Å². The van der Waals surface area contributed by atoms with Gasteiger partial charge in [-0.2, -0.15) is 0 Å².